The molecule has 0 atom stereocenters. The molecule has 0 unspecified atom stereocenters. The molecule has 6 heteroatoms. The molecule has 2 rings (SSSR count). The Balaban J connectivity index is 2.11. The van der Waals surface area contributed by atoms with E-state index >= 15 is 0 Å². The number of amides is 1. The van der Waals surface area contributed by atoms with Crippen LogP contribution in [0.1, 0.15) is 58.2 Å². The maximum Gasteiger partial charge on any atom is 0.410 e. The molecule has 1 aromatic rings. The normalized spacial score (nSPS) is 15.5. The average Bonchev–Trinajstić information content (AvgIpc) is 2.49. The molecule has 6 nitrogen and oxygen atoms in total. The van der Waals surface area contributed by atoms with Gasteiger partial charge in [0.25, 0.3) is 0 Å². The number of hydrogen-bond donors (Lipinski definition) is 2. The lowest BCUT2D eigenvalue weighted by molar-refractivity contribution is 0.0212. The molecule has 1 aliphatic rings. The van der Waals surface area contributed by atoms with Gasteiger partial charge in [-0.25, -0.2) is 9.78 Å². The molecule has 0 saturated heterocycles. The van der Waals surface area contributed by atoms with Crippen molar-refractivity contribution >= 4 is 18.0 Å². The van der Waals surface area contributed by atoms with Crippen molar-refractivity contribution in [1.82, 2.24) is 9.88 Å². The Morgan fingerprint density at radius 1 is 1.38 bits per heavy atom. The van der Waals surface area contributed by atoms with E-state index in [-0.39, 0.29) is 6.09 Å². The molecule has 4 N–H and O–H groups in total. The molecule has 1 heterocycles. The van der Waals surface area contributed by atoms with Crippen LogP contribution in [-0.4, -0.2) is 34.7 Å². The second kappa shape index (κ2) is 8.54. The first-order chi connectivity index (χ1) is 12.2. The summed E-state index contributed by atoms with van der Waals surface area (Å²) >= 11 is 0. The van der Waals surface area contributed by atoms with Crippen LogP contribution >= 0.6 is 0 Å². The third-order valence-corrected chi connectivity index (χ3v) is 4.42. The summed E-state index contributed by atoms with van der Waals surface area (Å²) in [6, 6.07) is 3.78. The summed E-state index contributed by atoms with van der Waals surface area (Å²) in [5.74, 6) is 1.03. The number of rotatable bonds is 6. The molecule has 0 aliphatic heterocycles. The van der Waals surface area contributed by atoms with Crippen LogP contribution in [0.5, 0.6) is 0 Å². The molecule has 1 saturated carbocycles. The SMILES string of the molecule is C/C(=C\c1ccc(CN)nc1N)CN(CC1CCC1)C(=O)OC(C)(C)C. The van der Waals surface area contributed by atoms with Crippen molar-refractivity contribution in [2.75, 3.05) is 18.8 Å². The van der Waals surface area contributed by atoms with E-state index in [2.05, 4.69) is 4.98 Å². The number of hydrogen-bond acceptors (Lipinski definition) is 5. The van der Waals surface area contributed by atoms with Crippen LogP contribution in [0.4, 0.5) is 10.6 Å². The molecule has 1 fully saturated rings. The number of ether oxygens (including phenoxy) is 1. The molecule has 26 heavy (non-hydrogen) atoms. The number of pyridine rings is 1. The first-order valence-corrected chi connectivity index (χ1v) is 9.28. The summed E-state index contributed by atoms with van der Waals surface area (Å²) in [5, 5.41) is 0. The van der Waals surface area contributed by atoms with E-state index < -0.39 is 5.60 Å². The number of anilines is 1. The zero-order valence-corrected chi connectivity index (χ0v) is 16.4. The van der Waals surface area contributed by atoms with Gasteiger partial charge in [0, 0.05) is 25.2 Å². The predicted molar refractivity (Wildman–Crippen MR) is 105 cm³/mol. The molecule has 1 aliphatic carbocycles. The highest BCUT2D eigenvalue weighted by molar-refractivity contribution is 5.69. The first-order valence-electron chi connectivity index (χ1n) is 9.28. The van der Waals surface area contributed by atoms with E-state index in [0.717, 1.165) is 23.4 Å². The van der Waals surface area contributed by atoms with Gasteiger partial charge in [-0.1, -0.05) is 18.1 Å². The van der Waals surface area contributed by atoms with Crippen molar-refractivity contribution in [2.45, 2.75) is 59.1 Å². The summed E-state index contributed by atoms with van der Waals surface area (Å²) in [4.78, 5) is 18.7. The van der Waals surface area contributed by atoms with Crippen molar-refractivity contribution in [3.05, 3.63) is 29.0 Å². The second-order valence-corrected chi connectivity index (χ2v) is 8.13. The van der Waals surface area contributed by atoms with E-state index in [9.17, 15) is 4.79 Å². The smallest absolute Gasteiger partial charge is 0.410 e. The van der Waals surface area contributed by atoms with Crippen molar-refractivity contribution in [2.24, 2.45) is 11.7 Å². The van der Waals surface area contributed by atoms with E-state index in [0.29, 0.717) is 24.8 Å². The Morgan fingerprint density at radius 2 is 2.08 bits per heavy atom. The highest BCUT2D eigenvalue weighted by Gasteiger charge is 2.27. The minimum absolute atomic E-state index is 0.262. The van der Waals surface area contributed by atoms with Crippen molar-refractivity contribution in [3.63, 3.8) is 0 Å². The van der Waals surface area contributed by atoms with Crippen molar-refractivity contribution < 1.29 is 9.53 Å². The standard InChI is InChI=1S/C20H32N4O2/c1-14(10-16-8-9-17(11-21)23-18(16)22)12-24(13-15-6-5-7-15)19(25)26-20(2,3)4/h8-10,15H,5-7,11-13,21H2,1-4H3,(H2,22,23)/b14-10+. The summed E-state index contributed by atoms with van der Waals surface area (Å²) in [7, 11) is 0. The lowest BCUT2D eigenvalue weighted by Gasteiger charge is -2.34. The summed E-state index contributed by atoms with van der Waals surface area (Å²) in [6.45, 7) is 9.28. The minimum atomic E-state index is -0.501. The zero-order chi connectivity index (χ0) is 19.3. The average molecular weight is 361 g/mol. The van der Waals surface area contributed by atoms with Gasteiger partial charge in [-0.05, 0) is 58.6 Å². The Morgan fingerprint density at radius 3 is 2.58 bits per heavy atom. The number of nitrogens with zero attached hydrogens (tertiary/aromatic N) is 2. The van der Waals surface area contributed by atoms with E-state index in [1.54, 1.807) is 4.90 Å². The van der Waals surface area contributed by atoms with E-state index in [4.69, 9.17) is 16.2 Å². The third-order valence-electron chi connectivity index (χ3n) is 4.42. The fourth-order valence-corrected chi connectivity index (χ4v) is 2.89. The van der Waals surface area contributed by atoms with Crippen molar-refractivity contribution in [3.8, 4) is 0 Å². The van der Waals surface area contributed by atoms with Crippen LogP contribution in [-0.2, 0) is 11.3 Å². The molecule has 1 amide bonds. The number of nitrogens with two attached hydrogens (primary N) is 2. The number of carbonyl (C=O) groups excluding carboxylic acids is 1. The van der Waals surface area contributed by atoms with E-state index in [1.165, 1.54) is 19.3 Å². The molecule has 0 radical (unpaired) electrons. The number of carbonyl (C=O) groups is 1. The van der Waals surface area contributed by atoms with Gasteiger partial charge in [0.2, 0.25) is 0 Å². The van der Waals surface area contributed by atoms with Gasteiger partial charge in [0.05, 0.1) is 5.69 Å². The van der Waals surface area contributed by atoms with Crippen LogP contribution in [0.25, 0.3) is 6.08 Å². The highest BCUT2D eigenvalue weighted by Crippen LogP contribution is 2.28. The molecule has 0 spiro atoms. The largest absolute Gasteiger partial charge is 0.444 e. The Bertz CT molecular complexity index is 660. The van der Waals surface area contributed by atoms with Gasteiger partial charge in [0.15, 0.2) is 0 Å². The lowest BCUT2D eigenvalue weighted by Crippen LogP contribution is -2.41. The monoisotopic (exact) mass is 360 g/mol. The molecule has 0 aromatic carbocycles. The number of nitrogen functional groups attached to an aromatic ring is 1. The van der Waals surface area contributed by atoms with Gasteiger partial charge in [-0.3, -0.25) is 0 Å². The van der Waals surface area contributed by atoms with Gasteiger partial charge < -0.3 is 21.1 Å². The van der Waals surface area contributed by atoms with Gasteiger partial charge in [0.1, 0.15) is 11.4 Å². The summed E-state index contributed by atoms with van der Waals surface area (Å²) < 4.78 is 5.58. The zero-order valence-electron chi connectivity index (χ0n) is 16.4. The Labute approximate surface area is 156 Å². The summed E-state index contributed by atoms with van der Waals surface area (Å²) in [5.41, 5.74) is 13.7. The molecular formula is C20H32N4O2. The predicted octanol–water partition coefficient (Wildman–Crippen LogP) is 3.56. The van der Waals surface area contributed by atoms with Crippen LogP contribution in [0.3, 0.4) is 0 Å². The van der Waals surface area contributed by atoms with Crippen LogP contribution in [0.2, 0.25) is 0 Å². The molecular weight excluding hydrogens is 328 g/mol. The van der Waals surface area contributed by atoms with Gasteiger partial charge in [-0.15, -0.1) is 0 Å². The topological polar surface area (TPSA) is 94.5 Å². The second-order valence-electron chi connectivity index (χ2n) is 8.13. The minimum Gasteiger partial charge on any atom is -0.444 e. The Hall–Kier alpha value is -2.08. The molecule has 0 bridgehead atoms. The van der Waals surface area contributed by atoms with Crippen LogP contribution in [0, 0.1) is 5.92 Å². The summed E-state index contributed by atoms with van der Waals surface area (Å²) in [6.07, 6.45) is 5.32. The fourth-order valence-electron chi connectivity index (χ4n) is 2.89. The van der Waals surface area contributed by atoms with Crippen LogP contribution < -0.4 is 11.5 Å². The highest BCUT2D eigenvalue weighted by atomic mass is 16.6. The third kappa shape index (κ3) is 6.02. The number of aromatic nitrogens is 1. The Kier molecular flexibility index (Phi) is 6.64. The maximum absolute atomic E-state index is 12.6. The quantitative estimate of drug-likeness (QED) is 0.809. The maximum atomic E-state index is 12.6. The lowest BCUT2D eigenvalue weighted by atomic mass is 9.85. The fraction of sp³-hybridized carbons (Fsp3) is 0.600. The molecule has 1 aromatic heterocycles. The van der Waals surface area contributed by atoms with Crippen molar-refractivity contribution in [1.29, 1.82) is 0 Å². The van der Waals surface area contributed by atoms with E-state index in [1.807, 2.05) is 45.9 Å². The van der Waals surface area contributed by atoms with Gasteiger partial charge >= 0.3 is 6.09 Å². The first kappa shape index (κ1) is 20.2. The van der Waals surface area contributed by atoms with Crippen LogP contribution in [0.15, 0.2) is 17.7 Å². The molecule has 144 valence electrons. The van der Waals surface area contributed by atoms with Gasteiger partial charge in [-0.2, -0.15) is 0 Å².